The molecule has 1 aliphatic carbocycles. The Hall–Kier alpha value is -3.84. The van der Waals surface area contributed by atoms with Crippen molar-refractivity contribution < 1.29 is 36.2 Å². The normalized spacial score (nSPS) is 19.8. The van der Waals surface area contributed by atoms with Gasteiger partial charge in [-0.3, -0.25) is 0 Å². The maximum Gasteiger partial charge on any atom is 0.398 e. The maximum absolute atomic E-state index is 15.0. The molecule has 0 N–H and O–H groups in total. The van der Waals surface area contributed by atoms with E-state index in [1.54, 1.807) is 6.92 Å². The number of hydrogen-bond donors (Lipinski definition) is 0. The second kappa shape index (κ2) is 9.17. The summed E-state index contributed by atoms with van der Waals surface area (Å²) in [6.07, 6.45) is -3.65. The van der Waals surface area contributed by atoms with Crippen LogP contribution in [0, 0.1) is 6.92 Å². The quantitative estimate of drug-likeness (QED) is 0.411. The van der Waals surface area contributed by atoms with Gasteiger partial charge in [0, 0.05) is 24.5 Å². The second-order valence-electron chi connectivity index (χ2n) is 9.15. The van der Waals surface area contributed by atoms with E-state index in [2.05, 4.69) is 24.9 Å². The van der Waals surface area contributed by atoms with Gasteiger partial charge in [-0.25, -0.2) is 28.7 Å². The Bertz CT molecular complexity index is 1350. The molecule has 2 aliphatic rings. The van der Waals surface area contributed by atoms with Crippen LogP contribution < -0.4 is 19.1 Å². The highest BCUT2D eigenvalue weighted by Gasteiger charge is 2.64. The molecule has 1 saturated heterocycles. The molecular weight excluding hydrogens is 515 g/mol. The lowest BCUT2D eigenvalue weighted by atomic mass is 9.96. The molecule has 0 aromatic carbocycles. The summed E-state index contributed by atoms with van der Waals surface area (Å²) in [6, 6.07) is 3.92. The molecule has 1 aliphatic heterocycles. The minimum Gasteiger partial charge on any atom is -0.480 e. The minimum absolute atomic E-state index is 0.0418. The molecule has 0 unspecified atom stereocenters. The molecule has 202 valence electrons. The molecule has 0 bridgehead atoms. The molecule has 2 fully saturated rings. The highest BCUT2D eigenvalue weighted by atomic mass is 19.4. The van der Waals surface area contributed by atoms with Crippen molar-refractivity contribution in [2.45, 2.75) is 43.4 Å². The van der Waals surface area contributed by atoms with Crippen molar-refractivity contribution in [2.24, 2.45) is 0 Å². The van der Waals surface area contributed by atoms with Gasteiger partial charge in [-0.05, 0) is 31.4 Å². The number of alkyl halides is 5. The van der Waals surface area contributed by atoms with Gasteiger partial charge in [-0.15, -0.1) is 0 Å². The van der Waals surface area contributed by atoms with Gasteiger partial charge < -0.3 is 19.1 Å². The monoisotopic (exact) mass is 538 g/mol. The number of ether oxygens (including phenoxy) is 3. The summed E-state index contributed by atoms with van der Waals surface area (Å²) in [5.74, 6) is -2.94. The Balaban J connectivity index is 1.39. The van der Waals surface area contributed by atoms with Gasteiger partial charge in [0.2, 0.25) is 11.8 Å². The fourth-order valence-corrected chi connectivity index (χ4v) is 4.46. The first-order valence-corrected chi connectivity index (χ1v) is 11.6. The zero-order valence-corrected chi connectivity index (χ0v) is 20.6. The molecule has 4 heterocycles. The summed E-state index contributed by atoms with van der Waals surface area (Å²) in [5.41, 5.74) is -1.27. The van der Waals surface area contributed by atoms with Crippen LogP contribution in [0.3, 0.4) is 0 Å². The lowest BCUT2D eigenvalue weighted by Gasteiger charge is -2.22. The van der Waals surface area contributed by atoms with Crippen LogP contribution in [-0.4, -0.2) is 70.4 Å². The Morgan fingerprint density at radius 2 is 1.79 bits per heavy atom. The van der Waals surface area contributed by atoms with E-state index < -0.39 is 30.2 Å². The largest absolute Gasteiger partial charge is 0.480 e. The Morgan fingerprint density at radius 3 is 2.45 bits per heavy atom. The van der Waals surface area contributed by atoms with Crippen molar-refractivity contribution in [3.05, 3.63) is 42.0 Å². The third-order valence-corrected chi connectivity index (χ3v) is 6.63. The molecule has 5 rings (SSSR count). The number of halogens is 5. The van der Waals surface area contributed by atoms with Crippen LogP contribution in [0.1, 0.15) is 24.2 Å². The Morgan fingerprint density at radius 1 is 1.03 bits per heavy atom. The predicted octanol–water partition coefficient (Wildman–Crippen LogP) is 4.15. The maximum atomic E-state index is 15.0. The van der Waals surface area contributed by atoms with Gasteiger partial charge in [0.25, 0.3) is 0 Å². The van der Waals surface area contributed by atoms with Crippen LogP contribution in [0.15, 0.2) is 30.6 Å². The van der Waals surface area contributed by atoms with Crippen molar-refractivity contribution >= 4 is 5.82 Å². The van der Waals surface area contributed by atoms with Crippen LogP contribution in [0.25, 0.3) is 11.3 Å². The molecule has 0 amide bonds. The first-order chi connectivity index (χ1) is 18.0. The SMILES string of the molecule is COc1ncc(-c2cc(N3C[C@H](Oc4cc(C5(C(F)(F)F)CC5)ccn4)C(F)(F)C3)nc(C)n2)c(OC)n1. The number of nitrogens with zero attached hydrogens (tertiary/aromatic N) is 6. The summed E-state index contributed by atoms with van der Waals surface area (Å²) in [7, 11) is 2.81. The van der Waals surface area contributed by atoms with Gasteiger partial charge in [-0.2, -0.15) is 18.2 Å². The van der Waals surface area contributed by atoms with E-state index in [-0.39, 0.29) is 48.5 Å². The molecule has 3 aromatic heterocycles. The average molecular weight is 538 g/mol. The van der Waals surface area contributed by atoms with E-state index >= 15 is 8.78 Å². The van der Waals surface area contributed by atoms with E-state index in [0.29, 0.717) is 17.1 Å². The summed E-state index contributed by atoms with van der Waals surface area (Å²) in [4.78, 5) is 22.0. The third-order valence-electron chi connectivity index (χ3n) is 6.63. The van der Waals surface area contributed by atoms with Gasteiger partial charge >= 0.3 is 18.1 Å². The lowest BCUT2D eigenvalue weighted by Crippen LogP contribution is -2.36. The average Bonchev–Trinajstić information content (AvgIpc) is 3.64. The molecule has 9 nitrogen and oxygen atoms in total. The fraction of sp³-hybridized carbons (Fsp3) is 0.458. The first kappa shape index (κ1) is 25.8. The fourth-order valence-electron chi connectivity index (χ4n) is 4.46. The van der Waals surface area contributed by atoms with Crippen molar-refractivity contribution in [2.75, 3.05) is 32.2 Å². The summed E-state index contributed by atoms with van der Waals surface area (Å²) >= 11 is 0. The predicted molar refractivity (Wildman–Crippen MR) is 124 cm³/mol. The number of pyridine rings is 1. The van der Waals surface area contributed by atoms with Crippen LogP contribution in [-0.2, 0) is 5.41 Å². The van der Waals surface area contributed by atoms with Gasteiger partial charge in [0.15, 0.2) is 6.10 Å². The van der Waals surface area contributed by atoms with Crippen LogP contribution in [0.2, 0.25) is 0 Å². The van der Waals surface area contributed by atoms with E-state index in [0.717, 1.165) is 12.3 Å². The zero-order chi connectivity index (χ0) is 27.3. The molecule has 0 spiro atoms. The van der Waals surface area contributed by atoms with Gasteiger partial charge in [0.1, 0.15) is 11.6 Å². The number of methoxy groups -OCH3 is 2. The van der Waals surface area contributed by atoms with Crippen molar-refractivity contribution in [3.8, 4) is 29.0 Å². The number of rotatable bonds is 7. The smallest absolute Gasteiger partial charge is 0.398 e. The van der Waals surface area contributed by atoms with E-state index in [9.17, 15) is 13.2 Å². The first-order valence-electron chi connectivity index (χ1n) is 11.6. The highest BCUT2D eigenvalue weighted by Crippen LogP contribution is 2.59. The van der Waals surface area contributed by atoms with Crippen LogP contribution >= 0.6 is 0 Å². The van der Waals surface area contributed by atoms with Crippen molar-refractivity contribution in [1.29, 1.82) is 0 Å². The zero-order valence-electron chi connectivity index (χ0n) is 20.6. The number of hydrogen-bond acceptors (Lipinski definition) is 9. The molecule has 38 heavy (non-hydrogen) atoms. The standard InChI is InChI=1S/C24H23F5N6O3/c1-13-32-16(15-10-31-21(37-3)34-20(15)36-2)9-18(33-13)35-11-17(23(25,26)12-35)38-19-8-14(4-7-30-19)22(5-6-22)24(27,28)29/h4,7-10,17H,5-6,11-12H2,1-3H3/t17-/m0/s1. The van der Waals surface area contributed by atoms with Gasteiger partial charge in [-0.1, -0.05) is 0 Å². The van der Waals surface area contributed by atoms with Crippen LogP contribution in [0.4, 0.5) is 27.8 Å². The Kier molecular flexibility index (Phi) is 6.22. The number of aromatic nitrogens is 5. The number of aryl methyl sites for hydroxylation is 1. The lowest BCUT2D eigenvalue weighted by molar-refractivity contribution is -0.160. The van der Waals surface area contributed by atoms with E-state index in [1.807, 2.05) is 0 Å². The topological polar surface area (TPSA) is 95.4 Å². The summed E-state index contributed by atoms with van der Waals surface area (Å²) in [5, 5.41) is 0. The summed E-state index contributed by atoms with van der Waals surface area (Å²) in [6.45, 7) is 0.598. The molecule has 14 heteroatoms. The Labute approximate surface area is 214 Å². The molecule has 0 radical (unpaired) electrons. The van der Waals surface area contributed by atoms with Crippen LogP contribution in [0.5, 0.6) is 17.8 Å². The molecular formula is C24H23F5N6O3. The second-order valence-corrected chi connectivity index (χ2v) is 9.15. The van der Waals surface area contributed by atoms with Gasteiger partial charge in [0.05, 0.1) is 44.0 Å². The third kappa shape index (κ3) is 4.63. The van der Waals surface area contributed by atoms with E-state index in [4.69, 9.17) is 14.2 Å². The molecule has 1 atom stereocenters. The van der Waals surface area contributed by atoms with Crippen molar-refractivity contribution in [3.63, 3.8) is 0 Å². The molecule has 3 aromatic rings. The highest BCUT2D eigenvalue weighted by molar-refractivity contribution is 5.67. The van der Waals surface area contributed by atoms with E-state index in [1.165, 1.54) is 37.4 Å². The summed E-state index contributed by atoms with van der Waals surface area (Å²) < 4.78 is 86.4. The number of anilines is 1. The van der Waals surface area contributed by atoms with Crippen molar-refractivity contribution in [1.82, 2.24) is 24.9 Å². The molecule has 1 saturated carbocycles. The minimum atomic E-state index is -4.44.